The van der Waals surface area contributed by atoms with Gasteiger partial charge in [0.2, 0.25) is 0 Å². The maximum absolute atomic E-state index is 6.26. The monoisotopic (exact) mass is 311 g/mol. The van der Waals surface area contributed by atoms with Gasteiger partial charge in [0.1, 0.15) is 5.82 Å². The van der Waals surface area contributed by atoms with E-state index in [1.807, 2.05) is 0 Å². The summed E-state index contributed by atoms with van der Waals surface area (Å²) in [7, 11) is 1.78. The summed E-state index contributed by atoms with van der Waals surface area (Å²) in [5, 5.41) is 4.17. The number of pyridine rings is 1. The SMILES string of the molecule is COC1CCCN(c2cc(CNCC(C)C)c(Cl)cn2)C1. The molecule has 0 amide bonds. The second-order valence-corrected chi connectivity index (χ2v) is 6.51. The predicted octanol–water partition coefficient (Wildman–Crippen LogP) is 3.10. The highest BCUT2D eigenvalue weighted by Gasteiger charge is 2.21. The second-order valence-electron chi connectivity index (χ2n) is 6.10. The van der Waals surface area contributed by atoms with Crippen LogP contribution in [0.4, 0.5) is 5.82 Å². The zero-order chi connectivity index (χ0) is 15.2. The molecule has 0 aromatic carbocycles. The molecule has 1 saturated heterocycles. The van der Waals surface area contributed by atoms with Crippen molar-refractivity contribution in [3.63, 3.8) is 0 Å². The summed E-state index contributed by atoms with van der Waals surface area (Å²) in [6, 6.07) is 2.10. The number of piperidine rings is 1. The number of nitrogens with zero attached hydrogens (tertiary/aromatic N) is 2. The van der Waals surface area contributed by atoms with E-state index in [-0.39, 0.29) is 0 Å². The van der Waals surface area contributed by atoms with E-state index in [2.05, 4.69) is 35.1 Å². The van der Waals surface area contributed by atoms with E-state index in [9.17, 15) is 0 Å². The Morgan fingerprint density at radius 2 is 2.33 bits per heavy atom. The number of hydrogen-bond donors (Lipinski definition) is 1. The van der Waals surface area contributed by atoms with Gasteiger partial charge in [0.05, 0.1) is 11.1 Å². The average molecular weight is 312 g/mol. The molecule has 21 heavy (non-hydrogen) atoms. The summed E-state index contributed by atoms with van der Waals surface area (Å²) < 4.78 is 5.48. The quantitative estimate of drug-likeness (QED) is 0.876. The molecule has 1 aliphatic heterocycles. The van der Waals surface area contributed by atoms with Crippen LogP contribution in [0.5, 0.6) is 0 Å². The highest BCUT2D eigenvalue weighted by Crippen LogP contribution is 2.23. The van der Waals surface area contributed by atoms with Crippen molar-refractivity contribution in [1.82, 2.24) is 10.3 Å². The van der Waals surface area contributed by atoms with Gasteiger partial charge in [-0.15, -0.1) is 0 Å². The fourth-order valence-corrected chi connectivity index (χ4v) is 2.78. The number of nitrogens with one attached hydrogen (secondary N) is 1. The van der Waals surface area contributed by atoms with Gasteiger partial charge in [-0.2, -0.15) is 0 Å². The maximum Gasteiger partial charge on any atom is 0.128 e. The Labute approximate surface area is 132 Å². The molecule has 0 bridgehead atoms. The minimum absolute atomic E-state index is 0.304. The number of ether oxygens (including phenoxy) is 1. The van der Waals surface area contributed by atoms with Crippen LogP contribution in [0.1, 0.15) is 32.3 Å². The van der Waals surface area contributed by atoms with Crippen LogP contribution in [0.25, 0.3) is 0 Å². The summed E-state index contributed by atoms with van der Waals surface area (Å²) in [5.74, 6) is 1.64. The molecular weight excluding hydrogens is 286 g/mol. The van der Waals surface area contributed by atoms with Crippen LogP contribution in [-0.2, 0) is 11.3 Å². The van der Waals surface area contributed by atoms with Crippen molar-refractivity contribution < 1.29 is 4.74 Å². The van der Waals surface area contributed by atoms with Crippen LogP contribution in [0.2, 0.25) is 5.02 Å². The van der Waals surface area contributed by atoms with Gasteiger partial charge in [-0.05, 0) is 36.9 Å². The fourth-order valence-electron chi connectivity index (χ4n) is 2.61. The number of rotatable bonds is 6. The highest BCUT2D eigenvalue weighted by atomic mass is 35.5. The Morgan fingerprint density at radius 3 is 3.05 bits per heavy atom. The van der Waals surface area contributed by atoms with Crippen LogP contribution < -0.4 is 10.2 Å². The summed E-state index contributed by atoms with van der Waals surface area (Å²) >= 11 is 6.26. The lowest BCUT2D eigenvalue weighted by Crippen LogP contribution is -2.39. The lowest BCUT2D eigenvalue weighted by molar-refractivity contribution is 0.0891. The lowest BCUT2D eigenvalue weighted by Gasteiger charge is -2.33. The molecule has 1 aromatic heterocycles. The maximum atomic E-state index is 6.26. The standard InChI is InChI=1S/C16H26ClN3O/c1-12(2)8-18-9-13-7-16(19-10-15(13)17)20-6-4-5-14(11-20)21-3/h7,10,12,14,18H,4-6,8-9,11H2,1-3H3. The van der Waals surface area contributed by atoms with Crippen LogP contribution in [0.15, 0.2) is 12.3 Å². The third-order valence-electron chi connectivity index (χ3n) is 3.82. The number of aromatic nitrogens is 1. The summed E-state index contributed by atoms with van der Waals surface area (Å²) in [5.41, 5.74) is 1.11. The number of anilines is 1. The van der Waals surface area contributed by atoms with Gasteiger partial charge in [-0.3, -0.25) is 0 Å². The third kappa shape index (κ3) is 4.83. The molecule has 2 heterocycles. The van der Waals surface area contributed by atoms with E-state index in [0.717, 1.165) is 55.4 Å². The first kappa shape index (κ1) is 16.5. The van der Waals surface area contributed by atoms with Gasteiger partial charge in [-0.1, -0.05) is 25.4 Å². The molecule has 0 aliphatic carbocycles. The minimum Gasteiger partial charge on any atom is -0.380 e. The van der Waals surface area contributed by atoms with Crippen molar-refractivity contribution in [2.24, 2.45) is 5.92 Å². The molecule has 1 N–H and O–H groups in total. The molecule has 1 fully saturated rings. The summed E-state index contributed by atoms with van der Waals surface area (Å²) in [6.45, 7) is 8.12. The fraction of sp³-hybridized carbons (Fsp3) is 0.688. The molecule has 2 rings (SSSR count). The lowest BCUT2D eigenvalue weighted by atomic mass is 10.1. The van der Waals surface area contributed by atoms with Gasteiger partial charge in [-0.25, -0.2) is 4.98 Å². The molecule has 1 aromatic rings. The first-order valence-corrected chi connectivity index (χ1v) is 8.10. The zero-order valence-electron chi connectivity index (χ0n) is 13.2. The molecular formula is C16H26ClN3O. The van der Waals surface area contributed by atoms with Crippen molar-refractivity contribution in [2.45, 2.75) is 39.3 Å². The Balaban J connectivity index is 2.03. The molecule has 5 heteroatoms. The molecule has 0 saturated carbocycles. The molecule has 1 aliphatic rings. The number of methoxy groups -OCH3 is 1. The molecule has 1 atom stereocenters. The number of hydrogen-bond acceptors (Lipinski definition) is 4. The normalized spacial score (nSPS) is 19.3. The van der Waals surface area contributed by atoms with Crippen LogP contribution in [-0.4, -0.2) is 37.8 Å². The summed E-state index contributed by atoms with van der Waals surface area (Å²) in [4.78, 5) is 6.78. The zero-order valence-corrected chi connectivity index (χ0v) is 14.0. The molecule has 118 valence electrons. The van der Waals surface area contributed by atoms with Crippen molar-refractivity contribution >= 4 is 17.4 Å². The predicted molar refractivity (Wildman–Crippen MR) is 88.0 cm³/mol. The van der Waals surface area contributed by atoms with E-state index >= 15 is 0 Å². The van der Waals surface area contributed by atoms with Gasteiger partial charge in [0, 0.05) is 32.9 Å². The van der Waals surface area contributed by atoms with Gasteiger partial charge >= 0.3 is 0 Å². The first-order chi connectivity index (χ1) is 10.1. The molecule has 0 spiro atoms. The van der Waals surface area contributed by atoms with Crippen LogP contribution in [0.3, 0.4) is 0 Å². The number of halogens is 1. The van der Waals surface area contributed by atoms with Gasteiger partial charge in [0.15, 0.2) is 0 Å². The topological polar surface area (TPSA) is 37.4 Å². The van der Waals surface area contributed by atoms with Crippen molar-refractivity contribution in [3.05, 3.63) is 22.8 Å². The van der Waals surface area contributed by atoms with Crippen molar-refractivity contribution in [1.29, 1.82) is 0 Å². The van der Waals surface area contributed by atoms with Crippen molar-refractivity contribution in [3.8, 4) is 0 Å². The largest absolute Gasteiger partial charge is 0.380 e. The van der Waals surface area contributed by atoms with Gasteiger partial charge < -0.3 is 15.0 Å². The van der Waals surface area contributed by atoms with Crippen molar-refractivity contribution in [2.75, 3.05) is 31.6 Å². The van der Waals surface area contributed by atoms with Gasteiger partial charge in [0.25, 0.3) is 0 Å². The Bertz CT molecular complexity index is 453. The van der Waals surface area contributed by atoms with E-state index in [1.165, 1.54) is 0 Å². The molecule has 4 nitrogen and oxygen atoms in total. The van der Waals surface area contributed by atoms with E-state index in [0.29, 0.717) is 12.0 Å². The Kier molecular flexibility index (Phi) is 6.27. The molecule has 1 unspecified atom stereocenters. The first-order valence-electron chi connectivity index (χ1n) is 7.73. The van der Waals surface area contributed by atoms with E-state index < -0.39 is 0 Å². The average Bonchev–Trinajstić information content (AvgIpc) is 2.49. The minimum atomic E-state index is 0.304. The summed E-state index contributed by atoms with van der Waals surface area (Å²) in [6.07, 6.45) is 4.34. The Morgan fingerprint density at radius 1 is 1.52 bits per heavy atom. The molecule has 0 radical (unpaired) electrons. The third-order valence-corrected chi connectivity index (χ3v) is 4.16. The second kappa shape index (κ2) is 7.97. The Hall–Kier alpha value is -0.840. The van der Waals surface area contributed by atoms with Crippen LogP contribution in [0, 0.1) is 5.92 Å². The highest BCUT2D eigenvalue weighted by molar-refractivity contribution is 6.31. The van der Waals surface area contributed by atoms with E-state index in [4.69, 9.17) is 16.3 Å². The van der Waals surface area contributed by atoms with E-state index in [1.54, 1.807) is 13.3 Å². The smallest absolute Gasteiger partial charge is 0.128 e. The van der Waals surface area contributed by atoms with Crippen LogP contribution >= 0.6 is 11.6 Å².